The first-order valence-corrected chi connectivity index (χ1v) is 7.67. The Kier molecular flexibility index (Phi) is 7.63. The van der Waals surface area contributed by atoms with Crippen LogP contribution in [0.3, 0.4) is 0 Å². The molecule has 0 spiro atoms. The summed E-state index contributed by atoms with van der Waals surface area (Å²) in [5, 5.41) is 3.62. The van der Waals surface area contributed by atoms with Crippen LogP contribution in [0.1, 0.15) is 50.8 Å². The van der Waals surface area contributed by atoms with Crippen LogP contribution in [-0.2, 0) is 4.74 Å². The Bertz CT molecular complexity index is 393. The van der Waals surface area contributed by atoms with Gasteiger partial charge in [0.2, 0.25) is 0 Å². The quantitative estimate of drug-likeness (QED) is 0.744. The summed E-state index contributed by atoms with van der Waals surface area (Å²) in [7, 11) is 1.73. The lowest BCUT2D eigenvalue weighted by Gasteiger charge is -2.29. The summed E-state index contributed by atoms with van der Waals surface area (Å²) in [6.45, 7) is 10.2. The van der Waals surface area contributed by atoms with Crippen molar-refractivity contribution in [3.63, 3.8) is 0 Å². The molecule has 3 nitrogen and oxygen atoms in total. The van der Waals surface area contributed by atoms with Gasteiger partial charge in [-0.25, -0.2) is 0 Å². The molecule has 0 amide bonds. The minimum absolute atomic E-state index is 0.169. The van der Waals surface area contributed by atoms with Gasteiger partial charge < -0.3 is 14.8 Å². The van der Waals surface area contributed by atoms with Gasteiger partial charge in [0, 0.05) is 12.2 Å². The van der Waals surface area contributed by atoms with E-state index in [1.807, 2.05) is 13.0 Å². The van der Waals surface area contributed by atoms with Gasteiger partial charge in [-0.1, -0.05) is 31.5 Å². The van der Waals surface area contributed by atoms with Gasteiger partial charge in [0.15, 0.2) is 0 Å². The van der Waals surface area contributed by atoms with Crippen molar-refractivity contribution in [2.45, 2.75) is 52.7 Å². The molecule has 1 aromatic rings. The topological polar surface area (TPSA) is 30.5 Å². The summed E-state index contributed by atoms with van der Waals surface area (Å²) in [5.74, 6) is 0.933. The fourth-order valence-electron chi connectivity index (χ4n) is 2.50. The van der Waals surface area contributed by atoms with Gasteiger partial charge in [-0.05, 0) is 39.3 Å². The van der Waals surface area contributed by atoms with Gasteiger partial charge in [-0.15, -0.1) is 0 Å². The van der Waals surface area contributed by atoms with Crippen LogP contribution in [0.15, 0.2) is 18.2 Å². The van der Waals surface area contributed by atoms with Gasteiger partial charge in [0.1, 0.15) is 5.75 Å². The molecule has 1 aromatic carbocycles. The monoisotopic (exact) mass is 279 g/mol. The van der Waals surface area contributed by atoms with E-state index in [0.717, 1.165) is 31.7 Å². The number of aryl methyl sites for hydroxylation is 1. The molecule has 1 rings (SSSR count). The molecule has 2 unspecified atom stereocenters. The average molecular weight is 279 g/mol. The second-order valence-corrected chi connectivity index (χ2v) is 5.08. The molecule has 0 heterocycles. The highest BCUT2D eigenvalue weighted by molar-refractivity contribution is 5.39. The number of nitrogens with one attached hydrogen (secondary N) is 1. The van der Waals surface area contributed by atoms with E-state index in [4.69, 9.17) is 9.47 Å². The van der Waals surface area contributed by atoms with Crippen molar-refractivity contribution in [2.75, 3.05) is 20.3 Å². The third-order valence-electron chi connectivity index (χ3n) is 3.49. The molecule has 3 heteroatoms. The summed E-state index contributed by atoms with van der Waals surface area (Å²) in [6.07, 6.45) is 2.25. The standard InChI is InChI=1S/C17H29NO2/c1-6-11-18-17(15(7-2)20-8-3)14-12-13(4)9-10-16(14)19-5/h9-10,12,15,17-18H,6-8,11H2,1-5H3. The predicted molar refractivity (Wildman–Crippen MR) is 84.5 cm³/mol. The Morgan fingerprint density at radius 1 is 1.20 bits per heavy atom. The SMILES string of the molecule is CCCNC(c1cc(C)ccc1OC)C(CC)OCC. The molecule has 0 saturated heterocycles. The zero-order chi connectivity index (χ0) is 15.0. The summed E-state index contributed by atoms with van der Waals surface area (Å²) in [4.78, 5) is 0. The molecule has 1 N–H and O–H groups in total. The van der Waals surface area contributed by atoms with E-state index in [2.05, 4.69) is 38.2 Å². The number of benzene rings is 1. The lowest BCUT2D eigenvalue weighted by atomic mass is 9.96. The Morgan fingerprint density at radius 2 is 1.95 bits per heavy atom. The number of ether oxygens (including phenoxy) is 2. The van der Waals surface area contributed by atoms with E-state index in [0.29, 0.717) is 0 Å². The number of hydrogen-bond acceptors (Lipinski definition) is 3. The molecule has 0 aliphatic rings. The number of methoxy groups -OCH3 is 1. The third-order valence-corrected chi connectivity index (χ3v) is 3.49. The number of hydrogen-bond donors (Lipinski definition) is 1. The van der Waals surface area contributed by atoms with Crippen LogP contribution in [0.4, 0.5) is 0 Å². The van der Waals surface area contributed by atoms with Crippen LogP contribution in [0.2, 0.25) is 0 Å². The van der Waals surface area contributed by atoms with E-state index in [1.165, 1.54) is 11.1 Å². The van der Waals surface area contributed by atoms with Crippen LogP contribution in [0.25, 0.3) is 0 Å². The first kappa shape index (κ1) is 17.0. The Labute approximate surface area is 123 Å². The molecular weight excluding hydrogens is 250 g/mol. The van der Waals surface area contributed by atoms with Gasteiger partial charge >= 0.3 is 0 Å². The highest BCUT2D eigenvalue weighted by Gasteiger charge is 2.24. The van der Waals surface area contributed by atoms with Crippen LogP contribution in [0.5, 0.6) is 5.75 Å². The second-order valence-electron chi connectivity index (χ2n) is 5.08. The molecule has 114 valence electrons. The summed E-state index contributed by atoms with van der Waals surface area (Å²) >= 11 is 0. The maximum absolute atomic E-state index is 5.93. The first-order valence-electron chi connectivity index (χ1n) is 7.67. The van der Waals surface area contributed by atoms with Crippen molar-refractivity contribution in [3.8, 4) is 5.75 Å². The van der Waals surface area contributed by atoms with Crippen molar-refractivity contribution >= 4 is 0 Å². The second kappa shape index (κ2) is 8.98. The molecule has 0 aromatic heterocycles. The van der Waals surface area contributed by atoms with E-state index in [1.54, 1.807) is 7.11 Å². The smallest absolute Gasteiger partial charge is 0.123 e. The van der Waals surface area contributed by atoms with Crippen LogP contribution >= 0.6 is 0 Å². The van der Waals surface area contributed by atoms with Gasteiger partial charge in [-0.3, -0.25) is 0 Å². The van der Waals surface area contributed by atoms with Gasteiger partial charge in [0.25, 0.3) is 0 Å². The van der Waals surface area contributed by atoms with E-state index < -0.39 is 0 Å². The molecule has 20 heavy (non-hydrogen) atoms. The van der Waals surface area contributed by atoms with E-state index >= 15 is 0 Å². The Morgan fingerprint density at radius 3 is 2.50 bits per heavy atom. The van der Waals surface area contributed by atoms with Crippen LogP contribution in [0, 0.1) is 6.92 Å². The minimum atomic E-state index is 0.169. The van der Waals surface area contributed by atoms with E-state index in [9.17, 15) is 0 Å². The summed E-state index contributed by atoms with van der Waals surface area (Å²) in [5.41, 5.74) is 2.44. The molecule has 0 bridgehead atoms. The predicted octanol–water partition coefficient (Wildman–Crippen LogP) is 3.86. The minimum Gasteiger partial charge on any atom is -0.496 e. The fraction of sp³-hybridized carbons (Fsp3) is 0.647. The maximum Gasteiger partial charge on any atom is 0.123 e. The molecular formula is C17H29NO2. The third kappa shape index (κ3) is 4.50. The maximum atomic E-state index is 5.93. The normalized spacial score (nSPS) is 14.1. The lowest BCUT2D eigenvalue weighted by Crippen LogP contribution is -2.34. The molecule has 2 atom stereocenters. The Balaban J connectivity index is 3.10. The first-order chi connectivity index (χ1) is 9.67. The Hall–Kier alpha value is -1.06. The fourth-order valence-corrected chi connectivity index (χ4v) is 2.50. The van der Waals surface area contributed by atoms with Crippen molar-refractivity contribution in [2.24, 2.45) is 0 Å². The highest BCUT2D eigenvalue weighted by atomic mass is 16.5. The average Bonchev–Trinajstić information content (AvgIpc) is 2.46. The van der Waals surface area contributed by atoms with Crippen molar-refractivity contribution < 1.29 is 9.47 Å². The molecule has 0 aliphatic carbocycles. The van der Waals surface area contributed by atoms with Crippen molar-refractivity contribution in [1.29, 1.82) is 0 Å². The summed E-state index contributed by atoms with van der Waals surface area (Å²) in [6, 6.07) is 6.51. The molecule has 0 fully saturated rings. The lowest BCUT2D eigenvalue weighted by molar-refractivity contribution is 0.0308. The molecule has 0 saturated carbocycles. The zero-order valence-electron chi connectivity index (χ0n) is 13.5. The van der Waals surface area contributed by atoms with Crippen molar-refractivity contribution in [1.82, 2.24) is 5.32 Å². The van der Waals surface area contributed by atoms with E-state index in [-0.39, 0.29) is 12.1 Å². The molecule has 0 radical (unpaired) electrons. The molecule has 0 aliphatic heterocycles. The largest absolute Gasteiger partial charge is 0.496 e. The van der Waals surface area contributed by atoms with Crippen molar-refractivity contribution in [3.05, 3.63) is 29.3 Å². The zero-order valence-corrected chi connectivity index (χ0v) is 13.5. The van der Waals surface area contributed by atoms with Crippen LogP contribution < -0.4 is 10.1 Å². The van der Waals surface area contributed by atoms with Crippen LogP contribution in [-0.4, -0.2) is 26.4 Å². The highest BCUT2D eigenvalue weighted by Crippen LogP contribution is 2.30. The summed E-state index contributed by atoms with van der Waals surface area (Å²) < 4.78 is 11.5. The van der Waals surface area contributed by atoms with Gasteiger partial charge in [0.05, 0.1) is 19.3 Å². The number of rotatable bonds is 9. The van der Waals surface area contributed by atoms with Gasteiger partial charge in [-0.2, -0.15) is 0 Å².